The normalized spacial score (nSPS) is 14.9. The van der Waals surface area contributed by atoms with E-state index in [2.05, 4.69) is 5.16 Å². The highest BCUT2D eigenvalue weighted by Gasteiger charge is 2.27. The first-order valence-electron chi connectivity index (χ1n) is 10.1. The number of amides is 1. The van der Waals surface area contributed by atoms with Gasteiger partial charge in [-0.05, 0) is 50.1 Å². The van der Waals surface area contributed by atoms with Crippen molar-refractivity contribution < 1.29 is 18.1 Å². The van der Waals surface area contributed by atoms with E-state index in [1.165, 1.54) is 0 Å². The summed E-state index contributed by atoms with van der Waals surface area (Å²) >= 11 is 0. The van der Waals surface area contributed by atoms with Crippen LogP contribution in [0.4, 0.5) is 8.78 Å². The van der Waals surface area contributed by atoms with Gasteiger partial charge in [-0.15, -0.1) is 0 Å². The van der Waals surface area contributed by atoms with Crippen LogP contribution >= 0.6 is 0 Å². The Morgan fingerprint density at radius 1 is 1.20 bits per heavy atom. The summed E-state index contributed by atoms with van der Waals surface area (Å²) in [4.78, 5) is 19.0. The molecule has 1 aliphatic rings. The largest absolute Gasteiger partial charge is 0.360 e. The number of aromatic nitrogens is 2. The van der Waals surface area contributed by atoms with Crippen molar-refractivity contribution >= 4 is 5.91 Å². The second-order valence-corrected chi connectivity index (χ2v) is 7.56. The van der Waals surface area contributed by atoms with Gasteiger partial charge in [0.1, 0.15) is 17.4 Å². The van der Waals surface area contributed by atoms with Crippen molar-refractivity contribution in [2.45, 2.75) is 39.0 Å². The fourth-order valence-corrected chi connectivity index (χ4v) is 4.01. The molecular weight excluding hydrogens is 388 g/mol. The van der Waals surface area contributed by atoms with E-state index in [0.29, 0.717) is 25.9 Å². The average molecular weight is 411 g/mol. The number of pyridine rings is 1. The number of hydrogen-bond donors (Lipinski definition) is 0. The molecule has 0 bridgehead atoms. The van der Waals surface area contributed by atoms with Crippen LogP contribution in [0.2, 0.25) is 0 Å². The summed E-state index contributed by atoms with van der Waals surface area (Å²) in [6.07, 6.45) is 2.16. The zero-order valence-electron chi connectivity index (χ0n) is 17.0. The molecule has 0 atom stereocenters. The Balaban J connectivity index is 1.49. The Kier molecular flexibility index (Phi) is 5.61. The van der Waals surface area contributed by atoms with Gasteiger partial charge in [0.2, 0.25) is 0 Å². The van der Waals surface area contributed by atoms with E-state index in [1.54, 1.807) is 4.90 Å². The number of carbonyl (C=O) groups is 1. The van der Waals surface area contributed by atoms with E-state index in [1.807, 2.05) is 32.0 Å². The quantitative estimate of drug-likeness (QED) is 0.612. The van der Waals surface area contributed by atoms with Crippen LogP contribution in [0.15, 0.2) is 40.9 Å². The number of likely N-dealkylation sites (tertiary alicyclic amines) is 1. The predicted molar refractivity (Wildman–Crippen MR) is 108 cm³/mol. The van der Waals surface area contributed by atoms with E-state index in [-0.39, 0.29) is 11.5 Å². The first-order valence-corrected chi connectivity index (χ1v) is 10.1. The highest BCUT2D eigenvalue weighted by atomic mass is 19.1. The standard InChI is InChI=1S/C23H23F2N3O2/c1-3-21-22(14(2)27-30-21)20-6-4-5-19(26-20)15-9-11-28(12-10-15)23(29)17-13-16(24)7-8-18(17)25/h4-8,13,15H,3,9-12H2,1-2H3. The molecule has 2 aromatic heterocycles. The molecule has 4 rings (SSSR count). The highest BCUT2D eigenvalue weighted by Crippen LogP contribution is 2.31. The maximum Gasteiger partial charge on any atom is 0.256 e. The van der Waals surface area contributed by atoms with Crippen LogP contribution in [-0.2, 0) is 6.42 Å². The molecule has 0 aliphatic carbocycles. The number of benzene rings is 1. The molecule has 1 amide bonds. The molecule has 1 aliphatic heterocycles. The molecule has 1 aromatic carbocycles. The average Bonchev–Trinajstić information content (AvgIpc) is 3.15. The minimum absolute atomic E-state index is 0.191. The first-order chi connectivity index (χ1) is 14.5. The topological polar surface area (TPSA) is 59.2 Å². The van der Waals surface area contributed by atoms with Gasteiger partial charge in [-0.3, -0.25) is 9.78 Å². The number of nitrogens with zero attached hydrogens (tertiary/aromatic N) is 3. The van der Waals surface area contributed by atoms with E-state index in [9.17, 15) is 13.6 Å². The zero-order chi connectivity index (χ0) is 21.3. The summed E-state index contributed by atoms with van der Waals surface area (Å²) < 4.78 is 32.8. The summed E-state index contributed by atoms with van der Waals surface area (Å²) in [7, 11) is 0. The van der Waals surface area contributed by atoms with Gasteiger partial charge < -0.3 is 9.42 Å². The van der Waals surface area contributed by atoms with Crippen LogP contribution < -0.4 is 0 Å². The number of aryl methyl sites for hydroxylation is 2. The lowest BCUT2D eigenvalue weighted by Crippen LogP contribution is -2.38. The number of halogens is 2. The second kappa shape index (κ2) is 8.34. The first kappa shape index (κ1) is 20.2. The number of carbonyl (C=O) groups excluding carboxylic acids is 1. The van der Waals surface area contributed by atoms with Crippen LogP contribution in [0.5, 0.6) is 0 Å². The van der Waals surface area contributed by atoms with Gasteiger partial charge in [-0.1, -0.05) is 18.1 Å². The summed E-state index contributed by atoms with van der Waals surface area (Å²) in [6.45, 7) is 4.86. The molecule has 5 nitrogen and oxygen atoms in total. The minimum Gasteiger partial charge on any atom is -0.360 e. The van der Waals surface area contributed by atoms with Crippen LogP contribution in [0.1, 0.15) is 53.2 Å². The SMILES string of the molecule is CCc1onc(C)c1-c1cccc(C2CCN(C(=O)c3cc(F)ccc3F)CC2)n1. The third kappa shape index (κ3) is 3.84. The lowest BCUT2D eigenvalue weighted by atomic mass is 9.92. The van der Waals surface area contributed by atoms with Crippen molar-refractivity contribution in [1.82, 2.24) is 15.0 Å². The van der Waals surface area contributed by atoms with Gasteiger partial charge >= 0.3 is 0 Å². The van der Waals surface area contributed by atoms with Gasteiger partial charge in [0.05, 0.1) is 22.5 Å². The smallest absolute Gasteiger partial charge is 0.256 e. The van der Waals surface area contributed by atoms with Crippen molar-refractivity contribution in [3.05, 3.63) is 70.7 Å². The monoisotopic (exact) mass is 411 g/mol. The van der Waals surface area contributed by atoms with Gasteiger partial charge in [0.25, 0.3) is 5.91 Å². The second-order valence-electron chi connectivity index (χ2n) is 7.56. The summed E-state index contributed by atoms with van der Waals surface area (Å²) in [5, 5.41) is 4.06. The van der Waals surface area contributed by atoms with Gasteiger partial charge in [-0.2, -0.15) is 0 Å². The fourth-order valence-electron chi connectivity index (χ4n) is 4.01. The Hall–Kier alpha value is -3.09. The number of hydrogen-bond acceptors (Lipinski definition) is 4. The Bertz CT molecular complexity index is 1070. The van der Waals surface area contributed by atoms with Crippen molar-refractivity contribution in [3.63, 3.8) is 0 Å². The molecule has 0 spiro atoms. The molecule has 30 heavy (non-hydrogen) atoms. The van der Waals surface area contributed by atoms with Crippen molar-refractivity contribution in [2.24, 2.45) is 0 Å². The highest BCUT2D eigenvalue weighted by molar-refractivity contribution is 5.94. The molecule has 3 aromatic rings. The van der Waals surface area contributed by atoms with Crippen molar-refractivity contribution in [3.8, 4) is 11.3 Å². The maximum atomic E-state index is 14.0. The van der Waals surface area contributed by atoms with E-state index < -0.39 is 17.5 Å². The third-order valence-corrected chi connectivity index (χ3v) is 5.64. The van der Waals surface area contributed by atoms with Gasteiger partial charge in [0.15, 0.2) is 0 Å². The maximum absolute atomic E-state index is 14.0. The Morgan fingerprint density at radius 3 is 2.70 bits per heavy atom. The van der Waals surface area contributed by atoms with Crippen LogP contribution in [0, 0.1) is 18.6 Å². The molecule has 3 heterocycles. The molecule has 0 N–H and O–H groups in total. The number of piperidine rings is 1. The van der Waals surface area contributed by atoms with E-state index in [0.717, 1.165) is 53.0 Å². The molecule has 1 saturated heterocycles. The van der Waals surface area contributed by atoms with Crippen molar-refractivity contribution in [2.75, 3.05) is 13.1 Å². The van der Waals surface area contributed by atoms with Crippen molar-refractivity contribution in [1.29, 1.82) is 0 Å². The summed E-state index contributed by atoms with van der Waals surface area (Å²) in [5.74, 6) is -0.786. The van der Waals surface area contributed by atoms with Gasteiger partial charge in [-0.25, -0.2) is 8.78 Å². The fraction of sp³-hybridized carbons (Fsp3) is 0.348. The Morgan fingerprint density at radius 2 is 1.97 bits per heavy atom. The molecule has 1 fully saturated rings. The summed E-state index contributed by atoms with van der Waals surface area (Å²) in [6, 6.07) is 8.88. The molecule has 7 heteroatoms. The predicted octanol–water partition coefficient (Wildman–Crippen LogP) is 4.91. The Labute approximate surface area is 173 Å². The molecule has 0 radical (unpaired) electrons. The van der Waals surface area contributed by atoms with E-state index >= 15 is 0 Å². The van der Waals surface area contributed by atoms with Gasteiger partial charge in [0, 0.05) is 31.1 Å². The van der Waals surface area contributed by atoms with Crippen LogP contribution in [-0.4, -0.2) is 34.0 Å². The minimum atomic E-state index is -0.700. The van der Waals surface area contributed by atoms with Crippen LogP contribution in [0.3, 0.4) is 0 Å². The van der Waals surface area contributed by atoms with E-state index in [4.69, 9.17) is 9.51 Å². The third-order valence-electron chi connectivity index (χ3n) is 5.64. The summed E-state index contributed by atoms with van der Waals surface area (Å²) in [5.41, 5.74) is 3.33. The molecule has 0 saturated carbocycles. The molecular formula is C23H23F2N3O2. The molecule has 0 unspecified atom stereocenters. The van der Waals surface area contributed by atoms with Crippen LogP contribution in [0.25, 0.3) is 11.3 Å². The number of rotatable bonds is 4. The lowest BCUT2D eigenvalue weighted by Gasteiger charge is -2.32. The lowest BCUT2D eigenvalue weighted by molar-refractivity contribution is 0.0707. The zero-order valence-corrected chi connectivity index (χ0v) is 17.0. The molecule has 156 valence electrons.